The van der Waals surface area contributed by atoms with Gasteiger partial charge in [-0.25, -0.2) is 9.78 Å². The van der Waals surface area contributed by atoms with Crippen molar-refractivity contribution < 1.29 is 32.2 Å². The lowest BCUT2D eigenvalue weighted by Crippen LogP contribution is -2.53. The molecule has 44 heavy (non-hydrogen) atoms. The minimum absolute atomic E-state index is 0.0170. The largest absolute Gasteiger partial charge is 0.488 e. The van der Waals surface area contributed by atoms with Gasteiger partial charge in [0.25, 0.3) is 0 Å². The molecule has 0 saturated carbocycles. The van der Waals surface area contributed by atoms with E-state index in [0.717, 1.165) is 22.8 Å². The Balaban J connectivity index is 1.38. The molecule has 1 aliphatic rings. The topological polar surface area (TPSA) is 60.9 Å². The highest BCUT2D eigenvalue weighted by molar-refractivity contribution is 7.15. The molecule has 0 spiro atoms. The zero-order chi connectivity index (χ0) is 31.9. The first kappa shape index (κ1) is 31.5. The minimum Gasteiger partial charge on any atom is -0.488 e. The summed E-state index contributed by atoms with van der Waals surface area (Å²) in [4.78, 5) is 19.8. The molecule has 0 radical (unpaired) electrons. The molecule has 5 rings (SSSR count). The number of aromatic nitrogens is 1. The number of benzene rings is 3. The van der Waals surface area contributed by atoms with E-state index in [0.29, 0.717) is 15.4 Å². The highest BCUT2D eigenvalue weighted by Gasteiger charge is 2.55. The zero-order valence-electron chi connectivity index (χ0n) is 25.5. The van der Waals surface area contributed by atoms with Gasteiger partial charge in [0.2, 0.25) is 0 Å². The van der Waals surface area contributed by atoms with Gasteiger partial charge in [0.05, 0.1) is 17.0 Å². The van der Waals surface area contributed by atoms with E-state index >= 15 is 0 Å². The highest BCUT2D eigenvalue weighted by atomic mass is 32.1. The van der Waals surface area contributed by atoms with Gasteiger partial charge in [0, 0.05) is 6.20 Å². The number of ether oxygens (including phenoxy) is 3. The minimum atomic E-state index is -4.64. The first-order chi connectivity index (χ1) is 20.6. The molecule has 0 bridgehead atoms. The summed E-state index contributed by atoms with van der Waals surface area (Å²) < 4.78 is 60.0. The van der Waals surface area contributed by atoms with Gasteiger partial charge < -0.3 is 14.2 Å². The van der Waals surface area contributed by atoms with Crippen LogP contribution in [0.2, 0.25) is 0 Å². The van der Waals surface area contributed by atoms with Crippen LogP contribution >= 0.6 is 11.3 Å². The van der Waals surface area contributed by atoms with E-state index in [1.165, 1.54) is 28.5 Å². The Morgan fingerprint density at radius 2 is 1.59 bits per heavy atom. The number of halogens is 3. The molecule has 10 heteroatoms. The molecule has 1 fully saturated rings. The monoisotopic (exact) mass is 624 g/mol. The average molecular weight is 625 g/mol. The lowest BCUT2D eigenvalue weighted by atomic mass is 10.0. The second kappa shape index (κ2) is 11.6. The quantitative estimate of drug-likeness (QED) is 0.214. The van der Waals surface area contributed by atoms with Crippen LogP contribution in [0.25, 0.3) is 21.6 Å². The van der Waals surface area contributed by atoms with Crippen LogP contribution in [0.4, 0.5) is 18.0 Å². The Labute approximate surface area is 259 Å². The molecular formula is C34H35F3N2O4S. The molecule has 4 aromatic rings. The fourth-order valence-corrected chi connectivity index (χ4v) is 6.23. The van der Waals surface area contributed by atoms with Crippen molar-refractivity contribution in [3.63, 3.8) is 0 Å². The average Bonchev–Trinajstić information content (AvgIpc) is 3.54. The summed E-state index contributed by atoms with van der Waals surface area (Å²) in [6, 6.07) is 21.4. The van der Waals surface area contributed by atoms with Gasteiger partial charge in [0.15, 0.2) is 0 Å². The summed E-state index contributed by atoms with van der Waals surface area (Å²) in [6.45, 7) is 10.8. The van der Waals surface area contributed by atoms with Crippen LogP contribution in [0.15, 0.2) is 79.0 Å². The van der Waals surface area contributed by atoms with Crippen LogP contribution in [-0.4, -0.2) is 33.9 Å². The van der Waals surface area contributed by atoms with Crippen molar-refractivity contribution in [1.29, 1.82) is 0 Å². The maximum atomic E-state index is 14.2. The molecule has 0 unspecified atom stereocenters. The number of carbonyl (C=O) groups is 1. The molecule has 1 aliphatic heterocycles. The third kappa shape index (κ3) is 6.61. The van der Waals surface area contributed by atoms with E-state index in [9.17, 15) is 18.0 Å². The number of rotatable bonds is 6. The number of amides is 1. The first-order valence-electron chi connectivity index (χ1n) is 14.2. The van der Waals surface area contributed by atoms with E-state index in [1.807, 2.05) is 61.5 Å². The number of alkyl halides is 3. The lowest BCUT2D eigenvalue weighted by molar-refractivity contribution is -0.139. The Bertz CT molecular complexity index is 1630. The summed E-state index contributed by atoms with van der Waals surface area (Å²) in [7, 11) is 0. The second-order valence-corrected chi connectivity index (χ2v) is 13.4. The number of hydrogen-bond donors (Lipinski definition) is 0. The predicted octanol–water partition coefficient (Wildman–Crippen LogP) is 9.29. The molecule has 6 nitrogen and oxygen atoms in total. The van der Waals surface area contributed by atoms with Gasteiger partial charge in [-0.3, -0.25) is 4.90 Å². The number of carbonyl (C=O) groups excluding carboxylic acids is 1. The summed E-state index contributed by atoms with van der Waals surface area (Å²) >= 11 is 1.21. The van der Waals surface area contributed by atoms with Crippen LogP contribution in [0.5, 0.6) is 5.75 Å². The summed E-state index contributed by atoms with van der Waals surface area (Å²) in [5, 5.41) is 0.525. The molecule has 2 heterocycles. The number of hydrogen-bond acceptors (Lipinski definition) is 6. The molecule has 1 aromatic heterocycles. The lowest BCUT2D eigenvalue weighted by Gasteiger charge is -2.39. The third-order valence-corrected chi connectivity index (χ3v) is 8.61. The molecule has 0 N–H and O–H groups in total. The van der Waals surface area contributed by atoms with Crippen LogP contribution in [0.1, 0.15) is 57.7 Å². The molecular weight excluding hydrogens is 589 g/mol. The summed E-state index contributed by atoms with van der Waals surface area (Å²) in [5.74, 6) is -0.257. The van der Waals surface area contributed by atoms with Crippen LogP contribution < -0.4 is 4.74 Å². The maximum absolute atomic E-state index is 14.2. The number of nitrogens with zero attached hydrogens (tertiary/aromatic N) is 2. The van der Waals surface area contributed by atoms with E-state index in [1.54, 1.807) is 40.7 Å². The SMILES string of the molecule is CC(C)(C)OC(=O)N1C(C)(C)OC[C@]1(C)c1ncc(-c2ccc(OCc3ccc(-c4ccccc4)cc3)c(C(F)(F)F)c2)s1. The first-order valence-corrected chi connectivity index (χ1v) is 15.0. The molecule has 3 aromatic carbocycles. The maximum Gasteiger partial charge on any atom is 0.419 e. The third-order valence-electron chi connectivity index (χ3n) is 7.31. The van der Waals surface area contributed by atoms with E-state index < -0.39 is 34.7 Å². The van der Waals surface area contributed by atoms with Crippen molar-refractivity contribution in [1.82, 2.24) is 9.88 Å². The standard InChI is InChI=1S/C34H35F3N2O4S/c1-31(2,3)43-30(40)39-32(4,5)42-21-33(39,6)29-38-19-28(44-29)25-16-17-27(26(18-25)34(35,36)37)41-20-22-12-14-24(15-13-22)23-10-8-7-9-11-23/h7-19H,20-21H2,1-6H3/t33-/m1/s1. The fourth-order valence-electron chi connectivity index (χ4n) is 5.20. The summed E-state index contributed by atoms with van der Waals surface area (Å²) in [6.07, 6.45) is -3.68. The Morgan fingerprint density at radius 1 is 0.955 bits per heavy atom. The number of thiazole rings is 1. The summed E-state index contributed by atoms with van der Waals surface area (Å²) in [5.41, 5.74) is -0.420. The Hall–Kier alpha value is -3.89. The fraction of sp³-hybridized carbons (Fsp3) is 0.353. The van der Waals surface area contributed by atoms with E-state index in [2.05, 4.69) is 4.98 Å². The van der Waals surface area contributed by atoms with Gasteiger partial charge in [-0.15, -0.1) is 11.3 Å². The van der Waals surface area contributed by atoms with Gasteiger partial charge in [-0.1, -0.05) is 54.6 Å². The van der Waals surface area contributed by atoms with E-state index in [-0.39, 0.29) is 19.0 Å². The van der Waals surface area contributed by atoms with Gasteiger partial charge >= 0.3 is 12.3 Å². The molecule has 1 amide bonds. The van der Waals surface area contributed by atoms with E-state index in [4.69, 9.17) is 14.2 Å². The van der Waals surface area contributed by atoms with Crippen molar-refractivity contribution >= 4 is 17.4 Å². The van der Waals surface area contributed by atoms with Crippen molar-refractivity contribution in [2.45, 2.75) is 71.2 Å². The predicted molar refractivity (Wildman–Crippen MR) is 164 cm³/mol. The van der Waals surface area contributed by atoms with Crippen LogP contribution in [0.3, 0.4) is 0 Å². The van der Waals surface area contributed by atoms with Crippen molar-refractivity contribution in [3.05, 3.63) is 95.1 Å². The van der Waals surface area contributed by atoms with Gasteiger partial charge in [-0.2, -0.15) is 13.2 Å². The molecule has 1 atom stereocenters. The van der Waals surface area contributed by atoms with Crippen molar-refractivity contribution in [2.75, 3.05) is 6.61 Å². The Kier molecular flexibility index (Phi) is 8.28. The second-order valence-electron chi connectivity index (χ2n) is 12.4. The highest BCUT2D eigenvalue weighted by Crippen LogP contribution is 2.46. The normalized spacial score (nSPS) is 18.3. The van der Waals surface area contributed by atoms with Crippen molar-refractivity contribution in [2.24, 2.45) is 0 Å². The molecule has 232 valence electrons. The van der Waals surface area contributed by atoms with Crippen molar-refractivity contribution in [3.8, 4) is 27.3 Å². The molecule has 1 saturated heterocycles. The van der Waals surface area contributed by atoms with Gasteiger partial charge in [0.1, 0.15) is 34.2 Å². The zero-order valence-corrected chi connectivity index (χ0v) is 26.3. The molecule has 0 aliphatic carbocycles. The van der Waals surface area contributed by atoms with Crippen LogP contribution in [-0.2, 0) is 27.8 Å². The Morgan fingerprint density at radius 3 is 2.23 bits per heavy atom. The smallest absolute Gasteiger partial charge is 0.419 e. The van der Waals surface area contributed by atoms with Crippen LogP contribution in [0, 0.1) is 0 Å². The van der Waals surface area contributed by atoms with Gasteiger partial charge in [-0.05, 0) is 82.0 Å².